The Labute approximate surface area is 121 Å². The van der Waals surface area contributed by atoms with Gasteiger partial charge >= 0.3 is 6.03 Å². The highest BCUT2D eigenvalue weighted by Crippen LogP contribution is 2.42. The van der Waals surface area contributed by atoms with Crippen molar-refractivity contribution in [2.75, 3.05) is 19.6 Å². The molecule has 0 aromatic rings. The van der Waals surface area contributed by atoms with Crippen molar-refractivity contribution in [2.24, 2.45) is 11.1 Å². The second-order valence-corrected chi connectivity index (χ2v) is 6.37. The van der Waals surface area contributed by atoms with E-state index in [4.69, 9.17) is 5.73 Å². The first kappa shape index (κ1) is 15.1. The molecule has 1 aliphatic carbocycles. The van der Waals surface area contributed by atoms with Crippen LogP contribution in [0.2, 0.25) is 0 Å². The first-order valence-corrected chi connectivity index (χ1v) is 7.92. The zero-order valence-electron chi connectivity index (χ0n) is 12.3. The molecule has 5 nitrogen and oxygen atoms in total. The predicted octanol–water partition coefficient (Wildman–Crippen LogP) is 2.01. The largest absolute Gasteiger partial charge is 0.352 e. The molecule has 2 fully saturated rings. The summed E-state index contributed by atoms with van der Waals surface area (Å²) in [5.74, 6) is 0.155. The number of urea groups is 1. The summed E-state index contributed by atoms with van der Waals surface area (Å²) in [5, 5.41) is 2.49. The standard InChI is InChI=1S/C15H27N3O2/c16-14(20)17-10-6-13(19)18-11-5-9-15(12-18)7-3-1-2-4-8-15/h1-12H2,(H3,16,17,20). The number of hydrogen-bond donors (Lipinski definition) is 2. The van der Waals surface area contributed by atoms with Crippen molar-refractivity contribution in [3.05, 3.63) is 0 Å². The average Bonchev–Trinajstić information content (AvgIpc) is 2.64. The number of carbonyl (C=O) groups is 2. The minimum atomic E-state index is -0.559. The fourth-order valence-corrected chi connectivity index (χ4v) is 3.76. The van der Waals surface area contributed by atoms with Crippen LogP contribution in [0.3, 0.4) is 0 Å². The zero-order chi connectivity index (χ0) is 14.4. The van der Waals surface area contributed by atoms with Gasteiger partial charge in [0.15, 0.2) is 0 Å². The second kappa shape index (κ2) is 6.95. The monoisotopic (exact) mass is 281 g/mol. The Morgan fingerprint density at radius 3 is 2.35 bits per heavy atom. The molecular weight excluding hydrogens is 254 g/mol. The van der Waals surface area contributed by atoms with Gasteiger partial charge in [0, 0.05) is 26.1 Å². The summed E-state index contributed by atoms with van der Waals surface area (Å²) in [4.78, 5) is 24.9. The Kier molecular flexibility index (Phi) is 5.26. The Morgan fingerprint density at radius 2 is 1.70 bits per heavy atom. The lowest BCUT2D eigenvalue weighted by molar-refractivity contribution is -0.134. The third kappa shape index (κ3) is 4.12. The third-order valence-electron chi connectivity index (χ3n) is 4.82. The van der Waals surface area contributed by atoms with Crippen molar-refractivity contribution in [3.63, 3.8) is 0 Å². The van der Waals surface area contributed by atoms with Gasteiger partial charge in [-0.25, -0.2) is 4.79 Å². The first-order chi connectivity index (χ1) is 9.61. The van der Waals surface area contributed by atoms with E-state index in [2.05, 4.69) is 5.32 Å². The van der Waals surface area contributed by atoms with Crippen molar-refractivity contribution in [3.8, 4) is 0 Å². The highest BCUT2D eigenvalue weighted by atomic mass is 16.2. The molecule has 1 heterocycles. The van der Waals surface area contributed by atoms with E-state index in [0.717, 1.165) is 19.5 Å². The number of likely N-dealkylation sites (tertiary alicyclic amines) is 1. The average molecular weight is 281 g/mol. The van der Waals surface area contributed by atoms with E-state index in [0.29, 0.717) is 18.4 Å². The molecule has 0 aromatic carbocycles. The highest BCUT2D eigenvalue weighted by Gasteiger charge is 2.36. The number of carbonyl (C=O) groups excluding carboxylic acids is 2. The van der Waals surface area contributed by atoms with Crippen LogP contribution in [0.1, 0.15) is 57.8 Å². The number of primary amides is 1. The van der Waals surface area contributed by atoms with Crippen LogP contribution in [-0.4, -0.2) is 36.5 Å². The van der Waals surface area contributed by atoms with Crippen molar-refractivity contribution in [2.45, 2.75) is 57.8 Å². The van der Waals surface area contributed by atoms with Gasteiger partial charge in [-0.3, -0.25) is 4.79 Å². The molecule has 3 N–H and O–H groups in total. The Bertz CT molecular complexity index is 349. The van der Waals surface area contributed by atoms with Crippen LogP contribution in [-0.2, 0) is 4.79 Å². The molecule has 0 atom stereocenters. The molecule has 1 spiro atoms. The highest BCUT2D eigenvalue weighted by molar-refractivity contribution is 5.78. The fourth-order valence-electron chi connectivity index (χ4n) is 3.76. The lowest BCUT2D eigenvalue weighted by atomic mass is 9.74. The lowest BCUT2D eigenvalue weighted by Crippen LogP contribution is -2.46. The number of hydrogen-bond acceptors (Lipinski definition) is 2. The Morgan fingerprint density at radius 1 is 1.05 bits per heavy atom. The van der Waals surface area contributed by atoms with Crippen LogP contribution in [0.4, 0.5) is 4.79 Å². The number of nitrogens with one attached hydrogen (secondary N) is 1. The van der Waals surface area contributed by atoms with Gasteiger partial charge in [-0.2, -0.15) is 0 Å². The van der Waals surface area contributed by atoms with Crippen molar-refractivity contribution in [1.29, 1.82) is 0 Å². The summed E-state index contributed by atoms with van der Waals surface area (Å²) in [7, 11) is 0. The van der Waals surface area contributed by atoms with Crippen LogP contribution >= 0.6 is 0 Å². The number of nitrogens with two attached hydrogens (primary N) is 1. The van der Waals surface area contributed by atoms with Gasteiger partial charge in [0.1, 0.15) is 0 Å². The zero-order valence-corrected chi connectivity index (χ0v) is 12.3. The first-order valence-electron chi connectivity index (χ1n) is 7.92. The summed E-state index contributed by atoms with van der Waals surface area (Å²) < 4.78 is 0. The maximum atomic E-state index is 12.2. The van der Waals surface area contributed by atoms with E-state index < -0.39 is 6.03 Å². The van der Waals surface area contributed by atoms with Crippen LogP contribution in [0.5, 0.6) is 0 Å². The number of nitrogens with zero attached hydrogens (tertiary/aromatic N) is 1. The summed E-state index contributed by atoms with van der Waals surface area (Å²) in [6.07, 6.45) is 10.6. The van der Waals surface area contributed by atoms with E-state index in [-0.39, 0.29) is 5.91 Å². The van der Waals surface area contributed by atoms with Gasteiger partial charge < -0.3 is 16.0 Å². The lowest BCUT2D eigenvalue weighted by Gasteiger charge is -2.43. The molecule has 0 radical (unpaired) electrons. The molecular formula is C15H27N3O2. The fraction of sp³-hybridized carbons (Fsp3) is 0.867. The molecule has 1 aliphatic heterocycles. The van der Waals surface area contributed by atoms with Crippen LogP contribution in [0, 0.1) is 5.41 Å². The SMILES string of the molecule is NC(=O)NCCC(=O)N1CCCC2(CCCCCC2)C1. The Balaban J connectivity index is 1.85. The van der Waals surface area contributed by atoms with Crippen molar-refractivity contribution < 1.29 is 9.59 Å². The predicted molar refractivity (Wildman–Crippen MR) is 78.2 cm³/mol. The number of piperidine rings is 1. The van der Waals surface area contributed by atoms with Crippen LogP contribution < -0.4 is 11.1 Å². The van der Waals surface area contributed by atoms with Crippen LogP contribution in [0.25, 0.3) is 0 Å². The van der Waals surface area contributed by atoms with E-state index in [9.17, 15) is 9.59 Å². The normalized spacial score (nSPS) is 22.3. The molecule has 0 aromatic heterocycles. The molecule has 0 unspecified atom stereocenters. The summed E-state index contributed by atoms with van der Waals surface area (Å²) in [5.41, 5.74) is 5.39. The second-order valence-electron chi connectivity index (χ2n) is 6.37. The maximum absolute atomic E-state index is 12.2. The van der Waals surface area contributed by atoms with E-state index in [1.54, 1.807) is 0 Å². The molecule has 0 bridgehead atoms. The molecule has 3 amide bonds. The number of rotatable bonds is 3. The van der Waals surface area contributed by atoms with E-state index in [1.807, 2.05) is 4.90 Å². The number of amides is 3. The summed E-state index contributed by atoms with van der Waals surface area (Å²) in [6.45, 7) is 2.14. The van der Waals surface area contributed by atoms with Crippen LogP contribution in [0.15, 0.2) is 0 Å². The molecule has 2 aliphatic rings. The van der Waals surface area contributed by atoms with Gasteiger partial charge in [0.2, 0.25) is 5.91 Å². The third-order valence-corrected chi connectivity index (χ3v) is 4.82. The minimum absolute atomic E-state index is 0.155. The molecule has 1 saturated carbocycles. The molecule has 20 heavy (non-hydrogen) atoms. The molecule has 5 heteroatoms. The van der Waals surface area contributed by atoms with E-state index >= 15 is 0 Å². The summed E-state index contributed by atoms with van der Waals surface area (Å²) in [6, 6.07) is -0.559. The maximum Gasteiger partial charge on any atom is 0.312 e. The van der Waals surface area contributed by atoms with Gasteiger partial charge in [0.05, 0.1) is 0 Å². The summed E-state index contributed by atoms with van der Waals surface area (Å²) >= 11 is 0. The van der Waals surface area contributed by atoms with Crippen molar-refractivity contribution in [1.82, 2.24) is 10.2 Å². The smallest absolute Gasteiger partial charge is 0.312 e. The minimum Gasteiger partial charge on any atom is -0.352 e. The molecule has 2 rings (SSSR count). The van der Waals surface area contributed by atoms with Gasteiger partial charge in [-0.1, -0.05) is 25.7 Å². The molecule has 1 saturated heterocycles. The van der Waals surface area contributed by atoms with Gasteiger partial charge in [-0.15, -0.1) is 0 Å². The van der Waals surface area contributed by atoms with E-state index in [1.165, 1.54) is 44.9 Å². The quantitative estimate of drug-likeness (QED) is 0.830. The molecule has 114 valence electrons. The van der Waals surface area contributed by atoms with Crippen molar-refractivity contribution >= 4 is 11.9 Å². The Hall–Kier alpha value is -1.26. The van der Waals surface area contributed by atoms with Gasteiger partial charge in [-0.05, 0) is 31.1 Å². The topological polar surface area (TPSA) is 75.4 Å². The van der Waals surface area contributed by atoms with Gasteiger partial charge in [0.25, 0.3) is 0 Å².